The van der Waals surface area contributed by atoms with Gasteiger partial charge in [0.05, 0.1) is 25.1 Å². The number of hydrogen-bond donors (Lipinski definition) is 0. The van der Waals surface area contributed by atoms with Crippen LogP contribution in [0, 0.1) is 25.5 Å². The molecule has 0 unspecified atom stereocenters. The number of pyridine rings is 1. The van der Waals surface area contributed by atoms with Gasteiger partial charge in [-0.15, -0.1) is 0 Å². The van der Waals surface area contributed by atoms with E-state index in [4.69, 9.17) is 9.72 Å². The van der Waals surface area contributed by atoms with Crippen molar-refractivity contribution in [2.45, 2.75) is 20.0 Å². The summed E-state index contributed by atoms with van der Waals surface area (Å²) in [5.74, 6) is -0.440. The highest BCUT2D eigenvalue weighted by Gasteiger charge is 2.29. The summed E-state index contributed by atoms with van der Waals surface area (Å²) in [5.41, 5.74) is 3.48. The second kappa shape index (κ2) is 7.91. The second-order valence-corrected chi connectivity index (χ2v) is 8.25. The van der Waals surface area contributed by atoms with Gasteiger partial charge in [-0.25, -0.2) is 23.7 Å². The average molecular weight is 448 g/mol. The first-order valence-electron chi connectivity index (χ1n) is 10.5. The Morgan fingerprint density at radius 2 is 1.94 bits per heavy atom. The van der Waals surface area contributed by atoms with E-state index in [2.05, 4.69) is 21.5 Å². The van der Waals surface area contributed by atoms with E-state index >= 15 is 0 Å². The zero-order valence-corrected chi connectivity index (χ0v) is 18.5. The van der Waals surface area contributed by atoms with Crippen LogP contribution in [-0.4, -0.2) is 37.6 Å². The maximum absolute atomic E-state index is 14.8. The first-order valence-corrected chi connectivity index (χ1v) is 10.5. The molecule has 33 heavy (non-hydrogen) atoms. The fourth-order valence-corrected chi connectivity index (χ4v) is 3.92. The van der Waals surface area contributed by atoms with Crippen LogP contribution in [0.1, 0.15) is 23.1 Å². The van der Waals surface area contributed by atoms with E-state index in [-0.39, 0.29) is 11.7 Å². The Kier molecular flexibility index (Phi) is 5.03. The van der Waals surface area contributed by atoms with Gasteiger partial charge in [0.2, 0.25) is 5.95 Å². The van der Waals surface area contributed by atoms with Crippen LogP contribution in [0.2, 0.25) is 0 Å². The van der Waals surface area contributed by atoms with E-state index < -0.39 is 11.6 Å². The van der Waals surface area contributed by atoms with Crippen LogP contribution < -0.4 is 4.90 Å². The third-order valence-electron chi connectivity index (χ3n) is 5.71. The number of hydrogen-bond acceptors (Lipinski definition) is 6. The number of fused-ring (bicyclic) bond motifs is 1. The van der Waals surface area contributed by atoms with Crippen molar-refractivity contribution in [2.75, 3.05) is 18.0 Å². The van der Waals surface area contributed by atoms with Gasteiger partial charge in [-0.2, -0.15) is 4.98 Å². The number of ether oxygens (including phenoxy) is 1. The highest BCUT2D eigenvalue weighted by Crippen LogP contribution is 2.33. The summed E-state index contributed by atoms with van der Waals surface area (Å²) in [5, 5.41) is 0.598. The number of aryl methyl sites for hydroxylation is 3. The molecule has 4 aromatic rings. The summed E-state index contributed by atoms with van der Waals surface area (Å²) in [6.45, 7) is 8.60. The normalized spacial score (nSPS) is 16.3. The van der Waals surface area contributed by atoms with E-state index in [1.54, 1.807) is 6.33 Å². The van der Waals surface area contributed by atoms with Crippen molar-refractivity contribution in [2.24, 2.45) is 7.05 Å². The zero-order valence-electron chi connectivity index (χ0n) is 18.5. The lowest BCUT2D eigenvalue weighted by molar-refractivity contribution is 0.0956. The molecule has 1 atom stereocenters. The van der Waals surface area contributed by atoms with Crippen LogP contribution in [0.5, 0.6) is 0 Å². The summed E-state index contributed by atoms with van der Waals surface area (Å²) in [6.07, 6.45) is 3.23. The Hall–Kier alpha value is -3.88. The number of halogens is 2. The van der Waals surface area contributed by atoms with Gasteiger partial charge in [-0.05, 0) is 37.6 Å². The van der Waals surface area contributed by atoms with Gasteiger partial charge >= 0.3 is 0 Å². The predicted octanol–water partition coefficient (Wildman–Crippen LogP) is 4.41. The summed E-state index contributed by atoms with van der Waals surface area (Å²) < 4.78 is 36.1. The van der Waals surface area contributed by atoms with Crippen molar-refractivity contribution in [3.63, 3.8) is 0 Å². The van der Waals surface area contributed by atoms with Crippen molar-refractivity contribution in [1.82, 2.24) is 24.5 Å². The van der Waals surface area contributed by atoms with Crippen LogP contribution in [0.25, 0.3) is 22.3 Å². The van der Waals surface area contributed by atoms with Gasteiger partial charge < -0.3 is 14.2 Å². The number of rotatable bonds is 3. The minimum Gasteiger partial charge on any atom is -0.485 e. The molecular weight excluding hydrogens is 426 g/mol. The molecule has 9 heteroatoms. The standard InChI is InChI=1S/C24H22F2N6O/c1-13-7-18-22(17-6-5-16(25)8-19(17)26)29-24(30-23(18)28-15(13)3)32-9-14(2)33-21(11-32)20-10-31(4)12-27-20/h5-8,10,12,21H,2,9,11H2,1,3-4H3/t21-/m0/s1. The maximum Gasteiger partial charge on any atom is 0.228 e. The zero-order chi connectivity index (χ0) is 23.3. The lowest BCUT2D eigenvalue weighted by atomic mass is 10.1. The Bertz CT molecular complexity index is 1400. The lowest BCUT2D eigenvalue weighted by Crippen LogP contribution is -2.38. The summed E-state index contributed by atoms with van der Waals surface area (Å²) in [6, 6.07) is 5.34. The molecule has 7 nitrogen and oxygen atoms in total. The summed E-state index contributed by atoms with van der Waals surface area (Å²) in [7, 11) is 1.89. The molecule has 0 N–H and O–H groups in total. The first kappa shape index (κ1) is 21.0. The van der Waals surface area contributed by atoms with Gasteiger partial charge in [0.15, 0.2) is 11.8 Å². The molecular formula is C24H22F2N6O. The Labute approximate surface area is 189 Å². The molecule has 5 rings (SSSR count). The Balaban J connectivity index is 1.65. The van der Waals surface area contributed by atoms with Crippen molar-refractivity contribution in [1.29, 1.82) is 0 Å². The van der Waals surface area contributed by atoms with E-state index in [0.29, 0.717) is 41.5 Å². The highest BCUT2D eigenvalue weighted by molar-refractivity contribution is 5.92. The Morgan fingerprint density at radius 1 is 1.12 bits per heavy atom. The molecule has 168 valence electrons. The summed E-state index contributed by atoms with van der Waals surface area (Å²) in [4.78, 5) is 20.3. The predicted molar refractivity (Wildman–Crippen MR) is 121 cm³/mol. The third kappa shape index (κ3) is 3.90. The van der Waals surface area contributed by atoms with E-state index in [1.807, 2.05) is 42.6 Å². The molecule has 1 aliphatic rings. The SMILES string of the molecule is C=C1CN(c2nc(-c3ccc(F)cc3F)c3cc(C)c(C)nc3n2)C[C@@H](c2cn(C)cn2)O1. The minimum atomic E-state index is -0.697. The van der Waals surface area contributed by atoms with E-state index in [1.165, 1.54) is 12.1 Å². The lowest BCUT2D eigenvalue weighted by Gasteiger charge is -2.34. The van der Waals surface area contributed by atoms with Crippen LogP contribution >= 0.6 is 0 Å². The molecule has 1 aromatic carbocycles. The maximum atomic E-state index is 14.8. The molecule has 1 aliphatic heterocycles. The number of anilines is 1. The quantitative estimate of drug-likeness (QED) is 0.462. The monoisotopic (exact) mass is 448 g/mol. The number of aromatic nitrogens is 5. The van der Waals surface area contributed by atoms with Gasteiger partial charge in [0.1, 0.15) is 23.1 Å². The average Bonchev–Trinajstić information content (AvgIpc) is 3.20. The topological polar surface area (TPSA) is 69.0 Å². The third-order valence-corrected chi connectivity index (χ3v) is 5.71. The number of benzene rings is 1. The van der Waals surface area contributed by atoms with Crippen LogP contribution in [0.3, 0.4) is 0 Å². The fourth-order valence-electron chi connectivity index (χ4n) is 3.92. The fraction of sp³-hybridized carbons (Fsp3) is 0.250. The smallest absolute Gasteiger partial charge is 0.228 e. The molecule has 4 heterocycles. The second-order valence-electron chi connectivity index (χ2n) is 8.25. The first-order chi connectivity index (χ1) is 15.8. The number of nitrogens with zero attached hydrogens (tertiary/aromatic N) is 6. The summed E-state index contributed by atoms with van der Waals surface area (Å²) >= 11 is 0. The molecule has 0 bridgehead atoms. The molecule has 0 aliphatic carbocycles. The number of imidazole rings is 1. The van der Waals surface area contributed by atoms with Crippen molar-refractivity contribution >= 4 is 17.0 Å². The number of morpholine rings is 1. The van der Waals surface area contributed by atoms with E-state index in [0.717, 1.165) is 23.0 Å². The molecule has 3 aromatic heterocycles. The van der Waals surface area contributed by atoms with E-state index in [9.17, 15) is 8.78 Å². The highest BCUT2D eigenvalue weighted by atomic mass is 19.1. The van der Waals surface area contributed by atoms with Gasteiger partial charge in [-0.3, -0.25) is 0 Å². The van der Waals surface area contributed by atoms with Gasteiger partial charge in [0.25, 0.3) is 0 Å². The molecule has 1 saturated heterocycles. The van der Waals surface area contributed by atoms with Crippen LogP contribution in [-0.2, 0) is 11.8 Å². The molecule has 1 fully saturated rings. The van der Waals surface area contributed by atoms with Crippen LogP contribution in [0.15, 0.2) is 49.1 Å². The molecule has 0 spiro atoms. The minimum absolute atomic E-state index is 0.184. The van der Waals surface area contributed by atoms with Crippen LogP contribution in [0.4, 0.5) is 14.7 Å². The largest absolute Gasteiger partial charge is 0.485 e. The van der Waals surface area contributed by atoms with Gasteiger partial charge in [-0.1, -0.05) is 6.58 Å². The Morgan fingerprint density at radius 3 is 2.67 bits per heavy atom. The molecule has 0 saturated carbocycles. The van der Waals surface area contributed by atoms with Crippen molar-refractivity contribution in [3.8, 4) is 11.3 Å². The molecule has 0 amide bonds. The van der Waals surface area contributed by atoms with Crippen molar-refractivity contribution in [3.05, 3.63) is 77.7 Å². The van der Waals surface area contributed by atoms with Crippen molar-refractivity contribution < 1.29 is 13.5 Å². The molecule has 0 radical (unpaired) electrons. The van der Waals surface area contributed by atoms with Gasteiger partial charge in [0, 0.05) is 36.0 Å².